The van der Waals surface area contributed by atoms with Crippen LogP contribution in [0.3, 0.4) is 0 Å². The van der Waals surface area contributed by atoms with E-state index in [4.69, 9.17) is 14.2 Å². The van der Waals surface area contributed by atoms with Crippen molar-refractivity contribution in [3.05, 3.63) is 29.8 Å². The molecule has 0 saturated heterocycles. The molecule has 7 nitrogen and oxygen atoms in total. The van der Waals surface area contributed by atoms with Crippen molar-refractivity contribution in [2.45, 2.75) is 12.5 Å². The lowest BCUT2D eigenvalue weighted by molar-refractivity contribution is -0.142. The highest BCUT2D eigenvalue weighted by atomic mass is 16.5. The van der Waals surface area contributed by atoms with Gasteiger partial charge in [0.05, 0.1) is 20.3 Å². The third-order valence-electron chi connectivity index (χ3n) is 2.91. The van der Waals surface area contributed by atoms with Crippen molar-refractivity contribution in [1.82, 2.24) is 5.32 Å². The zero-order chi connectivity index (χ0) is 16.4. The third-order valence-corrected chi connectivity index (χ3v) is 2.91. The number of benzene rings is 1. The molecule has 7 heteroatoms. The van der Waals surface area contributed by atoms with Gasteiger partial charge in [-0.05, 0) is 11.6 Å². The average Bonchev–Trinajstić information content (AvgIpc) is 2.51. The molecule has 0 spiro atoms. The molecule has 122 valence electrons. The molecule has 0 aromatic heterocycles. The zero-order valence-electron chi connectivity index (χ0n) is 12.7. The van der Waals surface area contributed by atoms with Gasteiger partial charge in [-0.1, -0.05) is 18.2 Å². The lowest BCUT2D eigenvalue weighted by atomic mass is 10.0. The van der Waals surface area contributed by atoms with Crippen LogP contribution in [0.5, 0.6) is 5.75 Å². The van der Waals surface area contributed by atoms with Gasteiger partial charge in [-0.3, -0.25) is 4.79 Å². The van der Waals surface area contributed by atoms with Gasteiger partial charge in [-0.2, -0.15) is 0 Å². The number of aliphatic carboxylic acids is 1. The van der Waals surface area contributed by atoms with Gasteiger partial charge in [0.25, 0.3) is 0 Å². The van der Waals surface area contributed by atoms with Crippen molar-refractivity contribution >= 4 is 11.9 Å². The third kappa shape index (κ3) is 6.11. The number of carbonyl (C=O) groups excluding carboxylic acids is 1. The molecule has 22 heavy (non-hydrogen) atoms. The number of carboxylic acids is 1. The van der Waals surface area contributed by atoms with Gasteiger partial charge in [0.2, 0.25) is 5.91 Å². The Balaban J connectivity index is 2.58. The second kappa shape index (κ2) is 9.75. The van der Waals surface area contributed by atoms with Crippen LogP contribution < -0.4 is 10.1 Å². The monoisotopic (exact) mass is 311 g/mol. The molecule has 0 bridgehead atoms. The summed E-state index contributed by atoms with van der Waals surface area (Å²) in [7, 11) is 3.04. The Morgan fingerprint density at radius 3 is 2.59 bits per heavy atom. The molecule has 0 saturated carbocycles. The Morgan fingerprint density at radius 1 is 1.23 bits per heavy atom. The maximum absolute atomic E-state index is 11.7. The molecule has 0 heterocycles. The van der Waals surface area contributed by atoms with E-state index in [9.17, 15) is 14.7 Å². The van der Waals surface area contributed by atoms with Gasteiger partial charge < -0.3 is 24.6 Å². The van der Waals surface area contributed by atoms with Crippen LogP contribution in [-0.4, -0.2) is 57.1 Å². The Kier molecular flexibility index (Phi) is 7.95. The van der Waals surface area contributed by atoms with E-state index < -0.39 is 17.9 Å². The second-order valence-corrected chi connectivity index (χ2v) is 4.52. The molecule has 2 N–H and O–H groups in total. The minimum absolute atomic E-state index is 0.128. The molecular formula is C15H21NO6. The molecule has 1 atom stereocenters. The molecule has 0 aliphatic rings. The molecule has 1 amide bonds. The summed E-state index contributed by atoms with van der Waals surface area (Å²) < 4.78 is 15.0. The van der Waals surface area contributed by atoms with Crippen molar-refractivity contribution in [2.75, 3.05) is 34.0 Å². The molecule has 0 radical (unpaired) electrons. The van der Waals surface area contributed by atoms with Crippen LogP contribution in [0, 0.1) is 0 Å². The Labute approximate surface area is 129 Å². The van der Waals surface area contributed by atoms with Crippen molar-refractivity contribution in [3.8, 4) is 5.75 Å². The van der Waals surface area contributed by atoms with E-state index >= 15 is 0 Å². The quantitative estimate of drug-likeness (QED) is 0.610. The van der Waals surface area contributed by atoms with Gasteiger partial charge in [0, 0.05) is 13.5 Å². The second-order valence-electron chi connectivity index (χ2n) is 4.52. The van der Waals surface area contributed by atoms with Crippen molar-refractivity contribution in [1.29, 1.82) is 0 Å². The maximum Gasteiger partial charge on any atom is 0.326 e. The lowest BCUT2D eigenvalue weighted by Crippen LogP contribution is -2.44. The first-order valence-electron chi connectivity index (χ1n) is 6.79. The summed E-state index contributed by atoms with van der Waals surface area (Å²) >= 11 is 0. The summed E-state index contributed by atoms with van der Waals surface area (Å²) in [5, 5.41) is 11.7. The molecular weight excluding hydrogens is 290 g/mol. The molecule has 0 fully saturated rings. The number of hydrogen-bond donors (Lipinski definition) is 2. The van der Waals surface area contributed by atoms with Crippen LogP contribution in [0.2, 0.25) is 0 Å². The topological polar surface area (TPSA) is 94.1 Å². The number of rotatable bonds is 10. The number of hydrogen-bond acceptors (Lipinski definition) is 5. The van der Waals surface area contributed by atoms with E-state index in [-0.39, 0.29) is 19.6 Å². The Morgan fingerprint density at radius 2 is 1.95 bits per heavy atom. The minimum atomic E-state index is -1.11. The van der Waals surface area contributed by atoms with Gasteiger partial charge in [-0.25, -0.2) is 4.79 Å². The minimum Gasteiger partial charge on any atom is -0.496 e. The predicted octanol–water partition coefficient (Wildman–Crippen LogP) is 0.470. The van der Waals surface area contributed by atoms with Crippen LogP contribution in [0.1, 0.15) is 5.56 Å². The van der Waals surface area contributed by atoms with Crippen molar-refractivity contribution in [3.63, 3.8) is 0 Å². The molecule has 1 aromatic carbocycles. The normalized spacial score (nSPS) is 11.7. The summed E-state index contributed by atoms with van der Waals surface area (Å²) in [5.41, 5.74) is 0.706. The highest BCUT2D eigenvalue weighted by Gasteiger charge is 2.21. The Hall–Kier alpha value is -2.12. The van der Waals surface area contributed by atoms with Crippen LogP contribution in [0.15, 0.2) is 24.3 Å². The summed E-state index contributed by atoms with van der Waals surface area (Å²) in [6.45, 7) is 0.435. The lowest BCUT2D eigenvalue weighted by Gasteiger charge is -2.16. The number of carboxylic acid groups (broad SMARTS) is 1. The smallest absolute Gasteiger partial charge is 0.326 e. The van der Waals surface area contributed by atoms with Crippen LogP contribution in [0.25, 0.3) is 0 Å². The highest BCUT2D eigenvalue weighted by molar-refractivity contribution is 5.84. The highest BCUT2D eigenvalue weighted by Crippen LogP contribution is 2.19. The number of amides is 1. The van der Waals surface area contributed by atoms with E-state index in [0.717, 1.165) is 0 Å². The van der Waals surface area contributed by atoms with E-state index in [1.165, 1.54) is 14.2 Å². The predicted molar refractivity (Wildman–Crippen MR) is 79.0 cm³/mol. The van der Waals surface area contributed by atoms with Gasteiger partial charge in [-0.15, -0.1) is 0 Å². The SMILES string of the molecule is COCCOCC(=O)N[C@@H](Cc1ccccc1OC)C(=O)O. The van der Waals surface area contributed by atoms with Gasteiger partial charge in [0.15, 0.2) is 0 Å². The van der Waals surface area contributed by atoms with Crippen LogP contribution in [0.4, 0.5) is 0 Å². The largest absolute Gasteiger partial charge is 0.496 e. The van der Waals surface area contributed by atoms with E-state index in [1.54, 1.807) is 24.3 Å². The molecule has 1 rings (SSSR count). The summed E-state index contributed by atoms with van der Waals surface area (Å²) in [5.74, 6) is -1.02. The zero-order valence-corrected chi connectivity index (χ0v) is 12.7. The molecule has 0 unspecified atom stereocenters. The number of ether oxygens (including phenoxy) is 3. The molecule has 0 aliphatic carbocycles. The summed E-state index contributed by atoms with van der Waals surface area (Å²) in [6.07, 6.45) is 0.128. The van der Waals surface area contributed by atoms with Crippen LogP contribution in [-0.2, 0) is 25.5 Å². The first-order valence-corrected chi connectivity index (χ1v) is 6.79. The van der Waals surface area contributed by atoms with E-state index in [2.05, 4.69) is 5.32 Å². The standard InChI is InChI=1S/C15H21NO6/c1-20-7-8-22-10-14(17)16-12(15(18)19)9-11-5-3-4-6-13(11)21-2/h3-6,12H,7-10H2,1-2H3,(H,16,17)(H,18,19)/t12-/m0/s1. The fourth-order valence-electron chi connectivity index (χ4n) is 1.83. The first kappa shape index (κ1) is 17.9. The fraction of sp³-hybridized carbons (Fsp3) is 0.467. The average molecular weight is 311 g/mol. The number of carbonyl (C=O) groups is 2. The maximum atomic E-state index is 11.7. The van der Waals surface area contributed by atoms with Gasteiger partial charge in [0.1, 0.15) is 18.4 Å². The van der Waals surface area contributed by atoms with Crippen LogP contribution >= 0.6 is 0 Å². The van der Waals surface area contributed by atoms with E-state index in [1.807, 2.05) is 0 Å². The fourth-order valence-corrected chi connectivity index (χ4v) is 1.83. The van der Waals surface area contributed by atoms with Gasteiger partial charge >= 0.3 is 5.97 Å². The van der Waals surface area contributed by atoms with Crippen molar-refractivity contribution < 1.29 is 28.9 Å². The summed E-state index contributed by atoms with van der Waals surface area (Å²) in [4.78, 5) is 23.0. The number of para-hydroxylation sites is 1. The van der Waals surface area contributed by atoms with E-state index in [0.29, 0.717) is 17.9 Å². The number of methoxy groups -OCH3 is 2. The molecule has 0 aliphatic heterocycles. The Bertz CT molecular complexity index is 491. The summed E-state index contributed by atoms with van der Waals surface area (Å²) in [6, 6.07) is 6.03. The molecule has 1 aromatic rings. The first-order chi connectivity index (χ1) is 10.6. The van der Waals surface area contributed by atoms with Crippen molar-refractivity contribution in [2.24, 2.45) is 0 Å². The number of nitrogens with one attached hydrogen (secondary N) is 1.